The zero-order chi connectivity index (χ0) is 19.8. The standard InChI is InChI=1S/C21H19N3O4/c25-21(28-15-16-7-2-1-3-8-16)23-13-5-4-9-17-11-12-19(24(26)27)18-10-6-14-22-20(17)18/h1-4,6-12,14H,5,13,15H2,(H,23,25). The summed E-state index contributed by atoms with van der Waals surface area (Å²) in [5.41, 5.74) is 2.31. The highest BCUT2D eigenvalue weighted by molar-refractivity contribution is 5.93. The minimum Gasteiger partial charge on any atom is -0.445 e. The highest BCUT2D eigenvalue weighted by Crippen LogP contribution is 2.27. The quantitative estimate of drug-likeness (QED) is 0.372. The van der Waals surface area contributed by atoms with Crippen LogP contribution in [0.4, 0.5) is 10.5 Å². The Kier molecular flexibility index (Phi) is 6.30. The van der Waals surface area contributed by atoms with Gasteiger partial charge in [-0.1, -0.05) is 42.5 Å². The lowest BCUT2D eigenvalue weighted by atomic mass is 10.1. The van der Waals surface area contributed by atoms with Gasteiger partial charge in [-0.3, -0.25) is 15.1 Å². The van der Waals surface area contributed by atoms with Crippen molar-refractivity contribution >= 4 is 28.8 Å². The molecule has 2 aromatic carbocycles. The predicted octanol–water partition coefficient (Wildman–Crippen LogP) is 4.47. The minimum atomic E-state index is -0.472. The average molecular weight is 377 g/mol. The lowest BCUT2D eigenvalue weighted by Crippen LogP contribution is -2.24. The molecule has 0 bridgehead atoms. The van der Waals surface area contributed by atoms with Crippen LogP contribution in [0.1, 0.15) is 17.5 Å². The first-order valence-corrected chi connectivity index (χ1v) is 8.78. The Morgan fingerprint density at radius 3 is 2.75 bits per heavy atom. The molecule has 7 heteroatoms. The number of carbonyl (C=O) groups excluding carboxylic acids is 1. The normalized spacial score (nSPS) is 10.9. The number of benzene rings is 2. The van der Waals surface area contributed by atoms with E-state index in [1.165, 1.54) is 6.07 Å². The fraction of sp³-hybridized carbons (Fsp3) is 0.143. The highest BCUT2D eigenvalue weighted by Gasteiger charge is 2.13. The Labute approximate surface area is 161 Å². The maximum absolute atomic E-state index is 11.7. The number of non-ortho nitro benzene ring substituents is 1. The third-order valence-corrected chi connectivity index (χ3v) is 4.07. The molecule has 7 nitrogen and oxygen atoms in total. The molecule has 1 amide bonds. The van der Waals surface area contributed by atoms with E-state index in [2.05, 4.69) is 10.3 Å². The second-order valence-corrected chi connectivity index (χ2v) is 6.01. The first-order valence-electron chi connectivity index (χ1n) is 8.78. The Morgan fingerprint density at radius 1 is 1.14 bits per heavy atom. The summed E-state index contributed by atoms with van der Waals surface area (Å²) in [7, 11) is 0. The number of aromatic nitrogens is 1. The smallest absolute Gasteiger partial charge is 0.407 e. The molecule has 0 unspecified atom stereocenters. The van der Waals surface area contributed by atoms with Crippen molar-refractivity contribution in [2.75, 3.05) is 6.54 Å². The first kappa shape index (κ1) is 19.0. The molecule has 1 N–H and O–H groups in total. The molecule has 0 atom stereocenters. The fourth-order valence-corrected chi connectivity index (χ4v) is 2.72. The number of hydrogen-bond donors (Lipinski definition) is 1. The summed E-state index contributed by atoms with van der Waals surface area (Å²) in [6.45, 7) is 0.644. The topological polar surface area (TPSA) is 94.4 Å². The number of hydrogen-bond acceptors (Lipinski definition) is 5. The van der Waals surface area contributed by atoms with Crippen LogP contribution in [0.5, 0.6) is 0 Å². The van der Waals surface area contributed by atoms with Gasteiger partial charge in [0.2, 0.25) is 0 Å². The second-order valence-electron chi connectivity index (χ2n) is 6.01. The second kappa shape index (κ2) is 9.27. The zero-order valence-electron chi connectivity index (χ0n) is 15.1. The number of nitrogens with zero attached hydrogens (tertiary/aromatic N) is 2. The van der Waals surface area contributed by atoms with E-state index in [0.29, 0.717) is 23.9 Å². The summed E-state index contributed by atoms with van der Waals surface area (Å²) in [5, 5.41) is 14.3. The Bertz CT molecular complexity index is 1000. The van der Waals surface area contributed by atoms with Gasteiger partial charge in [-0.15, -0.1) is 0 Å². The summed E-state index contributed by atoms with van der Waals surface area (Å²) >= 11 is 0. The maximum atomic E-state index is 11.7. The number of rotatable bonds is 7. The Hall–Kier alpha value is -3.74. The number of nitrogens with one attached hydrogen (secondary N) is 1. The van der Waals surface area contributed by atoms with E-state index in [-0.39, 0.29) is 12.3 Å². The Balaban J connectivity index is 1.52. The first-order chi connectivity index (χ1) is 13.6. The highest BCUT2D eigenvalue weighted by atomic mass is 16.6. The number of nitro benzene ring substituents is 1. The van der Waals surface area contributed by atoms with Crippen LogP contribution < -0.4 is 5.32 Å². The van der Waals surface area contributed by atoms with Gasteiger partial charge in [-0.25, -0.2) is 4.79 Å². The molecule has 0 aliphatic rings. The van der Waals surface area contributed by atoms with Crippen molar-refractivity contribution in [2.24, 2.45) is 0 Å². The van der Waals surface area contributed by atoms with Crippen molar-refractivity contribution < 1.29 is 14.5 Å². The van der Waals surface area contributed by atoms with Crippen LogP contribution in [0.2, 0.25) is 0 Å². The van der Waals surface area contributed by atoms with Crippen LogP contribution in [0.3, 0.4) is 0 Å². The molecule has 0 radical (unpaired) electrons. The molecule has 1 heterocycles. The SMILES string of the molecule is O=C(NCCC=Cc1ccc([N+](=O)[O-])c2cccnc12)OCc1ccccc1. The van der Waals surface area contributed by atoms with Gasteiger partial charge < -0.3 is 10.1 Å². The van der Waals surface area contributed by atoms with E-state index in [0.717, 1.165) is 11.1 Å². The van der Waals surface area contributed by atoms with E-state index >= 15 is 0 Å². The lowest BCUT2D eigenvalue weighted by Gasteiger charge is -2.06. The monoisotopic (exact) mass is 377 g/mol. The third kappa shape index (κ3) is 4.91. The molecule has 0 spiro atoms. The van der Waals surface area contributed by atoms with E-state index in [1.807, 2.05) is 42.5 Å². The molecule has 3 aromatic rings. The largest absolute Gasteiger partial charge is 0.445 e. The molecule has 0 aliphatic heterocycles. The molecule has 1 aromatic heterocycles. The third-order valence-electron chi connectivity index (χ3n) is 4.07. The molecular weight excluding hydrogens is 358 g/mol. The van der Waals surface area contributed by atoms with Crippen LogP contribution in [0.15, 0.2) is 66.9 Å². The minimum absolute atomic E-state index is 0.0306. The summed E-state index contributed by atoms with van der Waals surface area (Å²) in [6.07, 6.45) is 5.45. The maximum Gasteiger partial charge on any atom is 0.407 e. The van der Waals surface area contributed by atoms with Gasteiger partial charge in [-0.05, 0) is 30.2 Å². The molecule has 3 rings (SSSR count). The summed E-state index contributed by atoms with van der Waals surface area (Å²) in [6, 6.07) is 16.0. The number of carbonyl (C=O) groups is 1. The van der Waals surface area contributed by atoms with Gasteiger partial charge >= 0.3 is 6.09 Å². The summed E-state index contributed by atoms with van der Waals surface area (Å²) in [5.74, 6) is 0. The van der Waals surface area contributed by atoms with Crippen LogP contribution in [-0.2, 0) is 11.3 Å². The van der Waals surface area contributed by atoms with E-state index in [4.69, 9.17) is 4.74 Å². The van der Waals surface area contributed by atoms with Crippen molar-refractivity contribution in [3.8, 4) is 0 Å². The van der Waals surface area contributed by atoms with Crippen molar-refractivity contribution in [1.82, 2.24) is 10.3 Å². The van der Waals surface area contributed by atoms with Gasteiger partial charge in [0.15, 0.2) is 0 Å². The summed E-state index contributed by atoms with van der Waals surface area (Å²) in [4.78, 5) is 26.7. The fourth-order valence-electron chi connectivity index (χ4n) is 2.72. The molecule has 0 saturated carbocycles. The van der Waals surface area contributed by atoms with Crippen molar-refractivity contribution in [3.05, 3.63) is 88.1 Å². The molecule has 0 fully saturated rings. The van der Waals surface area contributed by atoms with Crippen LogP contribution in [0.25, 0.3) is 17.0 Å². The lowest BCUT2D eigenvalue weighted by molar-refractivity contribution is -0.383. The summed E-state index contributed by atoms with van der Waals surface area (Å²) < 4.78 is 5.14. The van der Waals surface area contributed by atoms with Crippen molar-refractivity contribution in [1.29, 1.82) is 0 Å². The van der Waals surface area contributed by atoms with Crippen molar-refractivity contribution in [3.63, 3.8) is 0 Å². The predicted molar refractivity (Wildman–Crippen MR) is 107 cm³/mol. The number of pyridine rings is 1. The number of alkyl carbamates (subject to hydrolysis) is 1. The van der Waals surface area contributed by atoms with Gasteiger partial charge in [0.1, 0.15) is 6.61 Å². The Morgan fingerprint density at radius 2 is 1.96 bits per heavy atom. The van der Waals surface area contributed by atoms with E-state index < -0.39 is 11.0 Å². The molecule has 28 heavy (non-hydrogen) atoms. The number of amides is 1. The molecule has 0 saturated heterocycles. The van der Waals surface area contributed by atoms with Gasteiger partial charge in [0, 0.05) is 24.4 Å². The zero-order valence-corrected chi connectivity index (χ0v) is 15.1. The van der Waals surface area contributed by atoms with Crippen LogP contribution in [-0.4, -0.2) is 22.5 Å². The van der Waals surface area contributed by atoms with Crippen molar-refractivity contribution in [2.45, 2.75) is 13.0 Å². The molecule has 142 valence electrons. The number of ether oxygens (including phenoxy) is 1. The average Bonchev–Trinajstić information content (AvgIpc) is 2.72. The van der Waals surface area contributed by atoms with E-state index in [9.17, 15) is 14.9 Å². The van der Waals surface area contributed by atoms with Crippen LogP contribution >= 0.6 is 0 Å². The van der Waals surface area contributed by atoms with Crippen LogP contribution in [0, 0.1) is 10.1 Å². The van der Waals surface area contributed by atoms with Gasteiger partial charge in [0.05, 0.1) is 15.8 Å². The molecule has 0 aliphatic carbocycles. The molecular formula is C21H19N3O4. The van der Waals surface area contributed by atoms with Gasteiger partial charge in [-0.2, -0.15) is 0 Å². The number of fused-ring (bicyclic) bond motifs is 1. The number of nitro groups is 1. The van der Waals surface area contributed by atoms with Gasteiger partial charge in [0.25, 0.3) is 5.69 Å². The van der Waals surface area contributed by atoms with E-state index in [1.54, 1.807) is 24.4 Å².